The Labute approximate surface area is 214 Å². The number of sulfonamides is 1. The molecule has 0 saturated heterocycles. The normalized spacial score (nSPS) is 17.1. The summed E-state index contributed by atoms with van der Waals surface area (Å²) >= 11 is 0. The summed E-state index contributed by atoms with van der Waals surface area (Å²) in [7, 11) is -6.53. The molecule has 2 aromatic rings. The zero-order chi connectivity index (χ0) is 27.4. The van der Waals surface area contributed by atoms with Crippen molar-refractivity contribution in [3.63, 3.8) is 0 Å². The monoisotopic (exact) mass is 563 g/mol. The summed E-state index contributed by atoms with van der Waals surface area (Å²) in [5.74, 6) is -0.328. The van der Waals surface area contributed by atoms with Crippen LogP contribution >= 0.6 is 0 Å². The lowest BCUT2D eigenvalue weighted by Gasteiger charge is -2.31. The summed E-state index contributed by atoms with van der Waals surface area (Å²) in [4.78, 5) is 0. The highest BCUT2D eigenvalue weighted by atomic mass is 32.2. The smallest absolute Gasteiger partial charge is 0.497 e. The summed E-state index contributed by atoms with van der Waals surface area (Å²) in [5.41, 5.74) is -4.05. The van der Waals surface area contributed by atoms with Crippen LogP contribution in [0.2, 0.25) is 0 Å². The van der Waals surface area contributed by atoms with Gasteiger partial charge in [-0.1, -0.05) is 31.2 Å². The number of rotatable bonds is 12. The third-order valence-electron chi connectivity index (χ3n) is 5.97. The van der Waals surface area contributed by atoms with E-state index in [1.54, 1.807) is 55.5 Å². The molecule has 0 amide bonds. The number of hydrogen-bond acceptors (Lipinski definition) is 7. The Bertz CT molecular complexity index is 1260. The van der Waals surface area contributed by atoms with Gasteiger partial charge in [-0.2, -0.15) is 25.9 Å². The van der Waals surface area contributed by atoms with Crippen LogP contribution in [0, 0.1) is 11.8 Å². The minimum absolute atomic E-state index is 0.0871. The number of allylic oxidation sites excluding steroid dienone is 2. The molecule has 37 heavy (non-hydrogen) atoms. The lowest BCUT2D eigenvalue weighted by atomic mass is 9.83. The molecule has 0 heterocycles. The maximum absolute atomic E-state index is 13.5. The molecule has 3 rings (SSSR count). The first-order valence-corrected chi connectivity index (χ1v) is 14.2. The fourth-order valence-corrected chi connectivity index (χ4v) is 6.05. The summed E-state index contributed by atoms with van der Waals surface area (Å²) in [5, 5.41) is 0. The number of alkyl halides is 3. The van der Waals surface area contributed by atoms with Crippen molar-refractivity contribution < 1.29 is 43.7 Å². The first-order valence-electron chi connectivity index (χ1n) is 11.2. The van der Waals surface area contributed by atoms with E-state index in [2.05, 4.69) is 4.18 Å². The molecular weight excluding hydrogens is 535 g/mol. The van der Waals surface area contributed by atoms with Crippen molar-refractivity contribution in [3.8, 4) is 11.5 Å². The molecule has 8 nitrogen and oxygen atoms in total. The largest absolute Gasteiger partial charge is 0.534 e. The second kappa shape index (κ2) is 11.3. The van der Waals surface area contributed by atoms with Gasteiger partial charge in [0.2, 0.25) is 10.0 Å². The molecule has 0 aromatic heterocycles. The predicted molar refractivity (Wildman–Crippen MR) is 130 cm³/mol. The Balaban J connectivity index is 1.75. The molecule has 0 N–H and O–H groups in total. The molecular formula is C24H28F3NO7S2. The molecule has 1 aliphatic rings. The van der Waals surface area contributed by atoms with Crippen LogP contribution in [0.5, 0.6) is 11.5 Å². The molecule has 0 aliphatic heterocycles. The Kier molecular flexibility index (Phi) is 8.81. The number of hydrogen-bond donors (Lipinski definition) is 0. The van der Waals surface area contributed by atoms with Gasteiger partial charge in [0.05, 0.1) is 20.0 Å². The summed E-state index contributed by atoms with van der Waals surface area (Å²) in [6.45, 7) is 1.82. The van der Waals surface area contributed by atoms with E-state index in [-0.39, 0.29) is 31.0 Å². The topological polar surface area (TPSA) is 99.2 Å². The van der Waals surface area contributed by atoms with Gasteiger partial charge in [0.25, 0.3) is 0 Å². The van der Waals surface area contributed by atoms with Gasteiger partial charge in [-0.25, -0.2) is 8.42 Å². The van der Waals surface area contributed by atoms with Crippen molar-refractivity contribution in [1.82, 2.24) is 4.31 Å². The minimum atomic E-state index is -5.75. The van der Waals surface area contributed by atoms with Gasteiger partial charge >= 0.3 is 15.6 Å². The van der Waals surface area contributed by atoms with E-state index in [4.69, 9.17) is 9.47 Å². The summed E-state index contributed by atoms with van der Waals surface area (Å²) in [6.07, 6.45) is 1.11. The molecule has 0 bridgehead atoms. The van der Waals surface area contributed by atoms with E-state index in [9.17, 15) is 30.0 Å². The molecule has 0 radical (unpaired) electrons. The average Bonchev–Trinajstić information content (AvgIpc) is 2.80. The van der Waals surface area contributed by atoms with E-state index >= 15 is 0 Å². The summed E-state index contributed by atoms with van der Waals surface area (Å²) < 4.78 is 103. The van der Waals surface area contributed by atoms with E-state index in [1.165, 1.54) is 24.6 Å². The number of benzene rings is 2. The quantitative estimate of drug-likeness (QED) is 0.278. The van der Waals surface area contributed by atoms with Gasteiger partial charge in [0, 0.05) is 19.5 Å². The van der Waals surface area contributed by atoms with E-state index in [0.717, 1.165) is 11.1 Å². The highest BCUT2D eigenvalue weighted by molar-refractivity contribution is 7.89. The van der Waals surface area contributed by atoms with Crippen molar-refractivity contribution in [1.29, 1.82) is 0 Å². The molecule has 0 spiro atoms. The van der Waals surface area contributed by atoms with Crippen LogP contribution in [-0.2, 0) is 37.4 Å². The lowest BCUT2D eigenvalue weighted by Crippen LogP contribution is -2.37. The predicted octanol–water partition coefficient (Wildman–Crippen LogP) is 4.44. The fourth-order valence-electron chi connectivity index (χ4n) is 3.74. The van der Waals surface area contributed by atoms with Gasteiger partial charge in [-0.15, -0.1) is 0 Å². The molecule has 2 aromatic carbocycles. The van der Waals surface area contributed by atoms with Gasteiger partial charge in [-0.3, -0.25) is 0 Å². The SMILES string of the molecule is COc1ccc(CN(Cc2ccc(OC)cc2)S(=O)(=O)C[C@@H](C)[C@@H]2C=C(OS(=O)(=O)C(F)(F)F)C2)cc1. The van der Waals surface area contributed by atoms with Crippen LogP contribution < -0.4 is 9.47 Å². The highest BCUT2D eigenvalue weighted by Gasteiger charge is 2.49. The van der Waals surface area contributed by atoms with E-state index < -0.39 is 37.5 Å². The number of halogens is 3. The van der Waals surface area contributed by atoms with Crippen molar-refractivity contribution in [3.05, 3.63) is 71.5 Å². The Hall–Kier alpha value is -2.77. The van der Waals surface area contributed by atoms with Crippen molar-refractivity contribution in [2.45, 2.75) is 31.9 Å². The number of ether oxygens (including phenoxy) is 2. The van der Waals surface area contributed by atoms with Crippen LogP contribution in [0.15, 0.2) is 60.4 Å². The maximum Gasteiger partial charge on any atom is 0.534 e. The first kappa shape index (κ1) is 28.8. The van der Waals surface area contributed by atoms with Crippen LogP contribution in [0.4, 0.5) is 13.2 Å². The lowest BCUT2D eigenvalue weighted by molar-refractivity contribution is -0.0527. The summed E-state index contributed by atoms with van der Waals surface area (Å²) in [6, 6.07) is 14.0. The Morgan fingerprint density at radius 3 is 1.70 bits per heavy atom. The van der Waals surface area contributed by atoms with E-state index in [1.807, 2.05) is 0 Å². The maximum atomic E-state index is 13.5. The molecule has 0 unspecified atom stereocenters. The standard InChI is InChI=1S/C24H28F3NO7S2/c1-17(20-12-23(13-20)35-37(31,32)24(25,26)27)16-36(29,30)28(14-18-4-8-21(33-2)9-5-18)15-19-6-10-22(34-3)11-7-19/h4-12,17,20H,13-16H2,1-3H3/t17-,20-/m1/s1. The van der Waals surface area contributed by atoms with Crippen LogP contribution in [0.1, 0.15) is 24.5 Å². The number of nitrogens with zero attached hydrogens (tertiary/aromatic N) is 1. The third-order valence-corrected chi connectivity index (χ3v) is 8.96. The van der Waals surface area contributed by atoms with Crippen molar-refractivity contribution in [2.75, 3.05) is 20.0 Å². The van der Waals surface area contributed by atoms with E-state index in [0.29, 0.717) is 11.5 Å². The fraction of sp³-hybridized carbons (Fsp3) is 0.417. The van der Waals surface area contributed by atoms with Gasteiger partial charge in [0.15, 0.2) is 0 Å². The zero-order valence-corrected chi connectivity index (χ0v) is 22.1. The highest BCUT2D eigenvalue weighted by Crippen LogP contribution is 2.37. The average molecular weight is 564 g/mol. The third kappa shape index (κ3) is 7.39. The molecule has 0 saturated carbocycles. The first-order chi connectivity index (χ1) is 17.2. The molecule has 0 fully saturated rings. The van der Waals surface area contributed by atoms with Crippen LogP contribution in [0.25, 0.3) is 0 Å². The zero-order valence-electron chi connectivity index (χ0n) is 20.4. The van der Waals surface area contributed by atoms with Gasteiger partial charge in [0.1, 0.15) is 17.3 Å². The molecule has 204 valence electrons. The second-order valence-electron chi connectivity index (χ2n) is 8.70. The van der Waals surface area contributed by atoms with Crippen LogP contribution in [-0.4, -0.2) is 46.6 Å². The second-order valence-corrected chi connectivity index (χ2v) is 12.3. The van der Waals surface area contributed by atoms with Crippen LogP contribution in [0.3, 0.4) is 0 Å². The Morgan fingerprint density at radius 2 is 1.32 bits per heavy atom. The van der Waals surface area contributed by atoms with Crippen molar-refractivity contribution in [2.24, 2.45) is 11.8 Å². The van der Waals surface area contributed by atoms with Crippen molar-refractivity contribution >= 4 is 20.1 Å². The number of methoxy groups -OCH3 is 2. The molecule has 2 atom stereocenters. The molecule has 13 heteroatoms. The van der Waals surface area contributed by atoms with Gasteiger partial charge < -0.3 is 13.7 Å². The molecule has 1 aliphatic carbocycles. The Morgan fingerprint density at radius 1 is 0.892 bits per heavy atom. The minimum Gasteiger partial charge on any atom is -0.497 e. The van der Waals surface area contributed by atoms with Gasteiger partial charge in [-0.05, 0) is 53.3 Å².